The third-order valence-electron chi connectivity index (χ3n) is 12.3. The molecule has 10 rings (SSSR count). The van der Waals surface area contributed by atoms with Crippen molar-refractivity contribution in [3.05, 3.63) is 206 Å². The van der Waals surface area contributed by atoms with E-state index in [0.717, 1.165) is 45.1 Å². The van der Waals surface area contributed by atoms with Crippen LogP contribution in [0.15, 0.2) is 185 Å². The zero-order valence-electron chi connectivity index (χ0n) is 30.5. The van der Waals surface area contributed by atoms with Crippen molar-refractivity contribution in [2.75, 3.05) is 0 Å². The maximum atomic E-state index is 6.30. The molecule has 0 bridgehead atoms. The summed E-state index contributed by atoms with van der Waals surface area (Å²) in [5, 5.41) is 6.78. The molecule has 0 heterocycles. The van der Waals surface area contributed by atoms with Crippen LogP contribution in [0.1, 0.15) is 17.5 Å². The molecule has 0 saturated heterocycles. The van der Waals surface area contributed by atoms with Crippen molar-refractivity contribution >= 4 is 83.6 Å². The van der Waals surface area contributed by atoms with Gasteiger partial charge in [0.2, 0.25) is 0 Å². The standard InChI is InChI=1S/C21H13.2C12H8Cl.C5H5.CH2.2ClH.Zr/c1-2-8-15-14(7-1)13-20-18-11-4-3-9-16(18)17-10-5-6-12-19(17)21(15)20;2*13-12-8-6-11(7-9-12)10-4-2-1-3-5-10;1-2-4-5-3-1;;;;/h1-10,12H,13H2;2*2-9H;1-3H,4H2;1H2;2*1H;. The predicted octanol–water partition coefficient (Wildman–Crippen LogP) is 13.3. The average Bonchev–Trinajstić information content (AvgIpc) is 3.92. The summed E-state index contributed by atoms with van der Waals surface area (Å²) in [7, 11) is 0. The van der Waals surface area contributed by atoms with Crippen molar-refractivity contribution in [2.24, 2.45) is 0 Å². The summed E-state index contributed by atoms with van der Waals surface area (Å²) < 4.78 is 11.3. The van der Waals surface area contributed by atoms with Gasteiger partial charge in [-0.25, -0.2) is 0 Å². The Balaban J connectivity index is 0.00000220. The molecule has 0 nitrogen and oxygen atoms in total. The van der Waals surface area contributed by atoms with Crippen molar-refractivity contribution in [3.63, 3.8) is 0 Å². The number of benzene rings is 8. The summed E-state index contributed by atoms with van der Waals surface area (Å²) in [6.07, 6.45) is 8.74. The minimum absolute atomic E-state index is 0. The van der Waals surface area contributed by atoms with E-state index >= 15 is 0 Å². The molecule has 56 heavy (non-hydrogen) atoms. The van der Waals surface area contributed by atoms with Crippen LogP contribution in [0.2, 0.25) is 10.0 Å². The summed E-state index contributed by atoms with van der Waals surface area (Å²) in [6, 6.07) is 60.1. The van der Waals surface area contributed by atoms with Crippen LogP contribution in [-0.2, 0) is 24.7 Å². The van der Waals surface area contributed by atoms with Gasteiger partial charge < -0.3 is 0 Å². The van der Waals surface area contributed by atoms with Gasteiger partial charge in [-0.15, -0.1) is 24.8 Å². The normalized spacial score (nSPS) is 13.2. The number of halogens is 4. The molecule has 0 unspecified atom stereocenters. The van der Waals surface area contributed by atoms with E-state index < -0.39 is 18.3 Å². The SMILES string of the molecule is Cl.Cl.[CH2]=[Zr]([C]1=CC=CC1)([c]1ccc(-c2ccc(Cl)cc2)cc1)([c]1ccc(-c2ccc(Cl)cc2)cc1)[c]1cccc2c1c1c(c3ccccc32)-c2ccccc2C1. The Labute approximate surface area is 351 Å². The summed E-state index contributed by atoms with van der Waals surface area (Å²) in [5.41, 5.74) is 10.1. The zero-order valence-corrected chi connectivity index (χ0v) is 36.1. The van der Waals surface area contributed by atoms with Crippen LogP contribution < -0.4 is 9.81 Å². The van der Waals surface area contributed by atoms with Gasteiger partial charge in [0.25, 0.3) is 0 Å². The van der Waals surface area contributed by atoms with E-state index in [2.05, 4.69) is 158 Å². The quantitative estimate of drug-likeness (QED) is 0.146. The second-order valence-electron chi connectivity index (χ2n) is 14.9. The van der Waals surface area contributed by atoms with E-state index in [-0.39, 0.29) is 24.8 Å². The molecule has 2 aliphatic carbocycles. The molecule has 0 fully saturated rings. The fourth-order valence-corrected chi connectivity index (χ4v) is 25.0. The van der Waals surface area contributed by atoms with Crippen molar-refractivity contribution < 1.29 is 18.3 Å². The van der Waals surface area contributed by atoms with Gasteiger partial charge in [0.05, 0.1) is 0 Å². The fraction of sp³-hybridized carbons (Fsp3) is 0.0392. The van der Waals surface area contributed by atoms with E-state index in [1.807, 2.05) is 24.3 Å². The Bertz CT molecular complexity index is 2830. The molecular weight excluding hydrogens is 846 g/mol. The third-order valence-corrected chi connectivity index (χ3v) is 29.0. The van der Waals surface area contributed by atoms with Gasteiger partial charge in [-0.3, -0.25) is 0 Å². The summed E-state index contributed by atoms with van der Waals surface area (Å²) in [5.74, 6) is 0. The third kappa shape index (κ3) is 5.78. The Morgan fingerprint density at radius 3 is 1.55 bits per heavy atom. The molecule has 5 heteroatoms. The average molecular weight is 884 g/mol. The van der Waals surface area contributed by atoms with E-state index in [4.69, 9.17) is 27.4 Å². The molecule has 2 aliphatic rings. The molecule has 0 N–H and O–H groups in total. The number of fused-ring (bicyclic) bond motifs is 8. The number of hydrogen-bond donors (Lipinski definition) is 0. The molecule has 8 aromatic rings. The first kappa shape index (κ1) is 38.5. The van der Waals surface area contributed by atoms with Crippen LogP contribution in [-0.4, -0.2) is 4.21 Å². The van der Waals surface area contributed by atoms with Crippen LogP contribution in [0.4, 0.5) is 0 Å². The molecule has 0 amide bonds. The first-order valence-corrected chi connectivity index (χ1v) is 26.0. The number of hydrogen-bond acceptors (Lipinski definition) is 0. The second kappa shape index (κ2) is 14.9. The van der Waals surface area contributed by atoms with Gasteiger partial charge in [-0.2, -0.15) is 0 Å². The Morgan fingerprint density at radius 1 is 0.500 bits per heavy atom. The summed E-state index contributed by atoms with van der Waals surface area (Å²) >= 11 is 7.51. The fourth-order valence-electron chi connectivity index (χ4n) is 9.60. The second-order valence-corrected chi connectivity index (χ2v) is 28.7. The molecule has 0 radical (unpaired) electrons. The van der Waals surface area contributed by atoms with E-state index in [1.165, 1.54) is 56.9 Å². The van der Waals surface area contributed by atoms with Crippen molar-refractivity contribution in [1.29, 1.82) is 0 Å². The van der Waals surface area contributed by atoms with Gasteiger partial charge in [0, 0.05) is 0 Å². The van der Waals surface area contributed by atoms with Crippen LogP contribution in [0.3, 0.4) is 0 Å². The first-order chi connectivity index (χ1) is 26.4. The van der Waals surface area contributed by atoms with Crippen LogP contribution in [0.25, 0.3) is 54.9 Å². The zero-order chi connectivity index (χ0) is 36.5. The molecule has 0 spiro atoms. The summed E-state index contributed by atoms with van der Waals surface area (Å²) in [4.78, 5) is 0. The number of rotatable bonds is 6. The van der Waals surface area contributed by atoms with Gasteiger partial charge in [0.15, 0.2) is 0 Å². The first-order valence-electron chi connectivity index (χ1n) is 18.6. The Kier molecular flexibility index (Phi) is 10.2. The molecule has 0 aliphatic heterocycles. The molecule has 0 saturated carbocycles. The van der Waals surface area contributed by atoms with Gasteiger partial charge in [0.1, 0.15) is 0 Å². The van der Waals surface area contributed by atoms with Crippen LogP contribution >= 0.6 is 48.0 Å². The van der Waals surface area contributed by atoms with E-state index in [1.54, 1.807) is 0 Å². The van der Waals surface area contributed by atoms with Crippen molar-refractivity contribution in [1.82, 2.24) is 0 Å². The molecule has 8 aromatic carbocycles. The molecule has 274 valence electrons. The van der Waals surface area contributed by atoms with Gasteiger partial charge in [-0.1, -0.05) is 0 Å². The number of allylic oxidation sites excluding steroid dienone is 4. The minimum atomic E-state index is -5.10. The Morgan fingerprint density at radius 2 is 1.00 bits per heavy atom. The van der Waals surface area contributed by atoms with Crippen molar-refractivity contribution in [2.45, 2.75) is 12.8 Å². The van der Waals surface area contributed by atoms with Crippen LogP contribution in [0.5, 0.6) is 0 Å². The Hall–Kier alpha value is -4.33. The maximum absolute atomic E-state index is 6.30. The molecule has 0 atom stereocenters. The van der Waals surface area contributed by atoms with Crippen molar-refractivity contribution in [3.8, 4) is 33.4 Å². The predicted molar refractivity (Wildman–Crippen MR) is 246 cm³/mol. The summed E-state index contributed by atoms with van der Waals surface area (Å²) in [6.45, 7) is 0. The van der Waals surface area contributed by atoms with E-state index in [0.29, 0.717) is 0 Å². The molecule has 0 aromatic heterocycles. The molecular formula is C51H38Cl4Zr. The van der Waals surface area contributed by atoms with Gasteiger partial charge >= 0.3 is 330 Å². The van der Waals surface area contributed by atoms with Gasteiger partial charge in [-0.05, 0) is 0 Å². The topological polar surface area (TPSA) is 0 Å². The van der Waals surface area contributed by atoms with E-state index in [9.17, 15) is 0 Å². The monoisotopic (exact) mass is 880 g/mol. The van der Waals surface area contributed by atoms with Crippen LogP contribution in [0, 0.1) is 0 Å².